The van der Waals surface area contributed by atoms with Crippen molar-refractivity contribution in [3.8, 4) is 0 Å². The van der Waals surface area contributed by atoms with Gasteiger partial charge < -0.3 is 21.4 Å². The zero-order valence-electron chi connectivity index (χ0n) is 7.43. The summed E-state index contributed by atoms with van der Waals surface area (Å²) in [5.41, 5.74) is 4.82. The highest BCUT2D eigenvalue weighted by molar-refractivity contribution is 5.83. The second kappa shape index (κ2) is 2.93. The lowest BCUT2D eigenvalue weighted by Gasteiger charge is -2.15. The number of carbonyl (C=O) groups is 2. The van der Waals surface area contributed by atoms with E-state index in [1.807, 2.05) is 0 Å². The second-order valence-corrected chi connectivity index (χ2v) is 3.89. The molecular formula is C8H13NO5. The van der Waals surface area contributed by atoms with E-state index in [4.69, 9.17) is 15.9 Å². The van der Waals surface area contributed by atoms with Gasteiger partial charge in [0.15, 0.2) is 0 Å². The Labute approximate surface area is 80.0 Å². The molecular weight excluding hydrogens is 190 g/mol. The summed E-state index contributed by atoms with van der Waals surface area (Å²) in [4.78, 5) is 21.4. The lowest BCUT2D eigenvalue weighted by molar-refractivity contribution is -0.144. The van der Waals surface area contributed by atoms with Crippen molar-refractivity contribution in [1.29, 1.82) is 0 Å². The van der Waals surface area contributed by atoms with Crippen molar-refractivity contribution >= 4 is 11.9 Å². The molecule has 2 rings (SSSR count). The van der Waals surface area contributed by atoms with Gasteiger partial charge in [-0.1, -0.05) is 0 Å². The first kappa shape index (κ1) is 10.9. The first-order valence-corrected chi connectivity index (χ1v) is 4.24. The van der Waals surface area contributed by atoms with E-state index < -0.39 is 29.3 Å². The highest BCUT2D eigenvalue weighted by Crippen LogP contribution is 2.62. The molecule has 6 nitrogen and oxygen atoms in total. The van der Waals surface area contributed by atoms with Gasteiger partial charge in [-0.3, -0.25) is 9.59 Å². The molecule has 14 heavy (non-hydrogen) atoms. The summed E-state index contributed by atoms with van der Waals surface area (Å²) >= 11 is 0. The molecule has 0 aromatic heterocycles. The number of aliphatic carboxylic acids is 2. The van der Waals surface area contributed by atoms with Gasteiger partial charge in [-0.25, -0.2) is 0 Å². The van der Waals surface area contributed by atoms with Gasteiger partial charge in [0.2, 0.25) is 0 Å². The van der Waals surface area contributed by atoms with E-state index >= 15 is 0 Å². The highest BCUT2D eigenvalue weighted by atomic mass is 16.4. The Balaban J connectivity index is 0.000000980. The van der Waals surface area contributed by atoms with Crippen LogP contribution in [0.15, 0.2) is 0 Å². The monoisotopic (exact) mass is 203 g/mol. The predicted molar refractivity (Wildman–Crippen MR) is 45.5 cm³/mol. The Bertz CT molecular complexity index is 291. The maximum absolute atomic E-state index is 10.7. The molecule has 6 heteroatoms. The molecule has 2 aliphatic carbocycles. The van der Waals surface area contributed by atoms with Gasteiger partial charge in [-0.15, -0.1) is 0 Å². The number of hydrogen-bond donors (Lipinski definition) is 3. The minimum Gasteiger partial charge on any atom is -0.481 e. The summed E-state index contributed by atoms with van der Waals surface area (Å²) in [6, 6.07) is 0. The van der Waals surface area contributed by atoms with Gasteiger partial charge >= 0.3 is 11.9 Å². The fourth-order valence-corrected chi connectivity index (χ4v) is 2.71. The number of nitrogens with two attached hydrogens (primary N) is 1. The van der Waals surface area contributed by atoms with Crippen LogP contribution >= 0.6 is 0 Å². The molecule has 0 amide bonds. The normalized spacial score (nSPS) is 43.6. The van der Waals surface area contributed by atoms with E-state index in [9.17, 15) is 9.59 Å². The molecule has 0 aromatic rings. The Morgan fingerprint density at radius 3 is 2.14 bits per heavy atom. The number of hydrogen-bond acceptors (Lipinski definition) is 3. The summed E-state index contributed by atoms with van der Waals surface area (Å²) in [6.45, 7) is 0. The number of carboxylic acid groups (broad SMARTS) is 2. The molecule has 0 heterocycles. The van der Waals surface area contributed by atoms with Crippen molar-refractivity contribution in [3.63, 3.8) is 0 Å². The highest BCUT2D eigenvalue weighted by Gasteiger charge is 2.74. The molecule has 0 aliphatic heterocycles. The largest absolute Gasteiger partial charge is 0.481 e. The van der Waals surface area contributed by atoms with Crippen LogP contribution in [0.4, 0.5) is 0 Å². The van der Waals surface area contributed by atoms with Crippen molar-refractivity contribution in [2.75, 3.05) is 0 Å². The Morgan fingerprint density at radius 2 is 1.79 bits per heavy atom. The number of rotatable bonds is 2. The van der Waals surface area contributed by atoms with E-state index in [2.05, 4.69) is 0 Å². The summed E-state index contributed by atoms with van der Waals surface area (Å²) in [5, 5.41) is 17.6. The minimum atomic E-state index is -0.964. The SMILES string of the molecule is NC12C(C(=O)O)CCC1C2C(=O)O.O. The Hall–Kier alpha value is -1.14. The predicted octanol–water partition coefficient (Wildman–Crippen LogP) is -1.32. The maximum atomic E-state index is 10.7. The molecule has 0 radical (unpaired) electrons. The van der Waals surface area contributed by atoms with Gasteiger partial charge in [0.1, 0.15) is 0 Å². The average molecular weight is 203 g/mol. The van der Waals surface area contributed by atoms with Crippen LogP contribution in [-0.4, -0.2) is 33.2 Å². The minimum absolute atomic E-state index is 0. The fraction of sp³-hybridized carbons (Fsp3) is 0.750. The van der Waals surface area contributed by atoms with Crippen molar-refractivity contribution in [2.45, 2.75) is 18.4 Å². The van der Waals surface area contributed by atoms with Crippen LogP contribution < -0.4 is 5.73 Å². The van der Waals surface area contributed by atoms with Crippen molar-refractivity contribution in [1.82, 2.24) is 0 Å². The molecule has 4 unspecified atom stereocenters. The molecule has 2 aliphatic rings. The zero-order chi connectivity index (χ0) is 9.80. The number of fused-ring (bicyclic) bond motifs is 1. The Kier molecular flexibility index (Phi) is 2.29. The first-order valence-electron chi connectivity index (χ1n) is 4.24. The van der Waals surface area contributed by atoms with E-state index in [0.29, 0.717) is 12.8 Å². The second-order valence-electron chi connectivity index (χ2n) is 3.89. The van der Waals surface area contributed by atoms with Gasteiger partial charge in [0.05, 0.1) is 11.8 Å². The van der Waals surface area contributed by atoms with Crippen molar-refractivity contribution < 1.29 is 25.3 Å². The molecule has 0 aromatic carbocycles. The van der Waals surface area contributed by atoms with Crippen LogP contribution in [0, 0.1) is 17.8 Å². The summed E-state index contributed by atoms with van der Waals surface area (Å²) in [7, 11) is 0. The van der Waals surface area contributed by atoms with Gasteiger partial charge in [-0.2, -0.15) is 0 Å². The molecule has 0 saturated heterocycles. The van der Waals surface area contributed by atoms with Crippen LogP contribution in [0.25, 0.3) is 0 Å². The van der Waals surface area contributed by atoms with Crippen LogP contribution in [-0.2, 0) is 9.59 Å². The van der Waals surface area contributed by atoms with Crippen LogP contribution in [0.2, 0.25) is 0 Å². The van der Waals surface area contributed by atoms with E-state index in [-0.39, 0.29) is 11.4 Å². The zero-order valence-corrected chi connectivity index (χ0v) is 7.43. The lowest BCUT2D eigenvalue weighted by atomic mass is 9.95. The summed E-state index contributed by atoms with van der Waals surface area (Å²) in [6.07, 6.45) is 1.14. The van der Waals surface area contributed by atoms with Crippen LogP contribution in [0.5, 0.6) is 0 Å². The average Bonchev–Trinajstić information content (AvgIpc) is 2.44. The third kappa shape index (κ3) is 1.04. The molecule has 80 valence electrons. The first-order chi connectivity index (χ1) is 5.99. The lowest BCUT2D eigenvalue weighted by Crippen LogP contribution is -2.39. The fourth-order valence-electron chi connectivity index (χ4n) is 2.71. The van der Waals surface area contributed by atoms with Crippen molar-refractivity contribution in [2.24, 2.45) is 23.5 Å². The van der Waals surface area contributed by atoms with E-state index in [1.165, 1.54) is 0 Å². The summed E-state index contributed by atoms with van der Waals surface area (Å²) in [5.74, 6) is -3.35. The van der Waals surface area contributed by atoms with E-state index in [1.54, 1.807) is 0 Å². The third-order valence-electron chi connectivity index (χ3n) is 3.41. The molecule has 4 atom stereocenters. The standard InChI is InChI=1S/C8H11NO4.H2O/c9-8-3(5(8)7(12)13)1-2-4(8)6(10)11;/h3-5H,1-2,9H2,(H,10,11)(H,12,13);1H2. The van der Waals surface area contributed by atoms with Gasteiger partial charge in [0.25, 0.3) is 0 Å². The maximum Gasteiger partial charge on any atom is 0.308 e. The third-order valence-corrected chi connectivity index (χ3v) is 3.41. The molecule has 2 saturated carbocycles. The molecule has 2 fully saturated rings. The molecule has 0 spiro atoms. The summed E-state index contributed by atoms with van der Waals surface area (Å²) < 4.78 is 0. The molecule has 0 bridgehead atoms. The van der Waals surface area contributed by atoms with Gasteiger partial charge in [0, 0.05) is 5.54 Å². The van der Waals surface area contributed by atoms with E-state index in [0.717, 1.165) is 0 Å². The van der Waals surface area contributed by atoms with Crippen LogP contribution in [0.3, 0.4) is 0 Å². The number of carboxylic acids is 2. The smallest absolute Gasteiger partial charge is 0.308 e. The Morgan fingerprint density at radius 1 is 1.21 bits per heavy atom. The quantitative estimate of drug-likeness (QED) is 0.512. The van der Waals surface area contributed by atoms with Gasteiger partial charge in [-0.05, 0) is 18.8 Å². The topological polar surface area (TPSA) is 132 Å². The van der Waals surface area contributed by atoms with Crippen LogP contribution in [0.1, 0.15) is 12.8 Å². The molecule has 6 N–H and O–H groups in total. The van der Waals surface area contributed by atoms with Crippen molar-refractivity contribution in [3.05, 3.63) is 0 Å².